The first-order valence-electron chi connectivity index (χ1n) is 7.49. The van der Waals surface area contributed by atoms with Crippen LogP contribution in [0.1, 0.15) is 44.9 Å². The molecule has 102 valence electrons. The second-order valence-corrected chi connectivity index (χ2v) is 6.79. The predicted molar refractivity (Wildman–Crippen MR) is 70.1 cm³/mol. The molecule has 1 N–H and O–H groups in total. The van der Waals surface area contributed by atoms with Crippen LogP contribution in [-0.4, -0.2) is 26.2 Å². The van der Waals surface area contributed by atoms with Gasteiger partial charge in [0.05, 0.1) is 6.61 Å². The van der Waals surface area contributed by atoms with Gasteiger partial charge in [0.1, 0.15) is 0 Å². The minimum atomic E-state index is -0.0132. The number of rotatable bonds is 4. The Balaban J connectivity index is 1.71. The maximum atomic E-state index is 12.6. The molecule has 0 saturated heterocycles. The van der Waals surface area contributed by atoms with Crippen molar-refractivity contribution in [3.63, 3.8) is 0 Å². The summed E-state index contributed by atoms with van der Waals surface area (Å²) in [7, 11) is 1.68. The average molecular weight is 251 g/mol. The number of ether oxygens (including phenoxy) is 1. The molecule has 3 heteroatoms. The quantitative estimate of drug-likeness (QED) is 0.779. The summed E-state index contributed by atoms with van der Waals surface area (Å²) >= 11 is 0. The zero-order chi connectivity index (χ0) is 12.6. The number of amides is 1. The first kappa shape index (κ1) is 12.5. The summed E-state index contributed by atoms with van der Waals surface area (Å²) in [5, 5.41) is 3.10. The molecule has 0 spiro atoms. The Hall–Kier alpha value is -0.570. The van der Waals surface area contributed by atoms with Crippen molar-refractivity contribution in [1.82, 2.24) is 5.32 Å². The maximum absolute atomic E-state index is 12.6. The van der Waals surface area contributed by atoms with E-state index in [2.05, 4.69) is 5.32 Å². The van der Waals surface area contributed by atoms with Crippen LogP contribution in [0.4, 0.5) is 0 Å². The van der Waals surface area contributed by atoms with Crippen LogP contribution in [0, 0.1) is 23.2 Å². The van der Waals surface area contributed by atoms with Gasteiger partial charge >= 0.3 is 0 Å². The van der Waals surface area contributed by atoms with Crippen LogP contribution in [0.5, 0.6) is 0 Å². The van der Waals surface area contributed by atoms with Gasteiger partial charge in [-0.25, -0.2) is 0 Å². The Morgan fingerprint density at radius 1 is 1.17 bits per heavy atom. The zero-order valence-corrected chi connectivity index (χ0v) is 11.4. The summed E-state index contributed by atoms with van der Waals surface area (Å²) in [6.07, 6.45) is 8.98. The SMILES string of the molecule is COCCNC(=O)C12CC3C[C@H](CC[C@@H](C3)C1)C2. The molecule has 4 bridgehead atoms. The van der Waals surface area contributed by atoms with Gasteiger partial charge in [0.2, 0.25) is 5.91 Å². The van der Waals surface area contributed by atoms with Gasteiger partial charge in [-0.1, -0.05) is 12.8 Å². The van der Waals surface area contributed by atoms with Gasteiger partial charge in [-0.15, -0.1) is 0 Å². The summed E-state index contributed by atoms with van der Waals surface area (Å²) < 4.78 is 5.02. The smallest absolute Gasteiger partial charge is 0.226 e. The fourth-order valence-corrected chi connectivity index (χ4v) is 4.92. The molecule has 3 nitrogen and oxygen atoms in total. The van der Waals surface area contributed by atoms with E-state index >= 15 is 0 Å². The second kappa shape index (κ2) is 4.84. The summed E-state index contributed by atoms with van der Waals surface area (Å²) in [6.45, 7) is 1.29. The van der Waals surface area contributed by atoms with Gasteiger partial charge in [0, 0.05) is 19.1 Å². The number of carbonyl (C=O) groups is 1. The van der Waals surface area contributed by atoms with E-state index in [0.717, 1.165) is 37.0 Å². The minimum absolute atomic E-state index is 0.0132. The highest BCUT2D eigenvalue weighted by Crippen LogP contribution is 2.57. The summed E-state index contributed by atoms with van der Waals surface area (Å²) in [6, 6.07) is 0. The molecular formula is C15H25NO2. The summed E-state index contributed by atoms with van der Waals surface area (Å²) in [4.78, 5) is 12.6. The second-order valence-electron chi connectivity index (χ2n) is 6.79. The predicted octanol–water partition coefficient (Wildman–Crippen LogP) is 2.36. The Kier molecular flexibility index (Phi) is 3.35. The molecule has 1 amide bonds. The molecule has 0 aliphatic heterocycles. The lowest BCUT2D eigenvalue weighted by Gasteiger charge is -2.47. The molecule has 0 radical (unpaired) electrons. The molecule has 4 rings (SSSR count). The van der Waals surface area contributed by atoms with Crippen molar-refractivity contribution in [2.45, 2.75) is 44.9 Å². The van der Waals surface area contributed by atoms with Crippen molar-refractivity contribution < 1.29 is 9.53 Å². The minimum Gasteiger partial charge on any atom is -0.383 e. The van der Waals surface area contributed by atoms with E-state index in [9.17, 15) is 4.79 Å². The molecule has 0 heterocycles. The van der Waals surface area contributed by atoms with Gasteiger partial charge < -0.3 is 10.1 Å². The van der Waals surface area contributed by atoms with Crippen molar-refractivity contribution >= 4 is 5.91 Å². The Labute approximate surface area is 110 Å². The lowest BCUT2D eigenvalue weighted by Crippen LogP contribution is -2.49. The highest BCUT2D eigenvalue weighted by molar-refractivity contribution is 5.83. The standard InChI is InChI=1S/C15H25NO2/c1-18-5-4-16-14(17)15-8-11-2-3-12(9-15)7-13(6-11)10-15/h11-13H,2-10H2,1H3,(H,16,17)/t11-,12-,13?,15?/m0/s1. The number of nitrogens with one attached hydrogen (secondary N) is 1. The van der Waals surface area contributed by atoms with Crippen LogP contribution < -0.4 is 5.32 Å². The van der Waals surface area contributed by atoms with E-state index in [-0.39, 0.29) is 5.41 Å². The monoisotopic (exact) mass is 251 g/mol. The molecule has 0 unspecified atom stereocenters. The lowest BCUT2D eigenvalue weighted by atomic mass is 9.58. The van der Waals surface area contributed by atoms with Crippen LogP contribution in [0.3, 0.4) is 0 Å². The Bertz CT molecular complexity index is 312. The van der Waals surface area contributed by atoms with Crippen LogP contribution in [0.15, 0.2) is 0 Å². The van der Waals surface area contributed by atoms with Crippen LogP contribution >= 0.6 is 0 Å². The first-order valence-corrected chi connectivity index (χ1v) is 7.49. The van der Waals surface area contributed by atoms with E-state index < -0.39 is 0 Å². The fourth-order valence-electron chi connectivity index (χ4n) is 4.92. The van der Waals surface area contributed by atoms with Gasteiger partial charge in [0.15, 0.2) is 0 Å². The molecule has 4 fully saturated rings. The molecule has 0 aromatic rings. The summed E-state index contributed by atoms with van der Waals surface area (Å²) in [5.74, 6) is 2.80. The molecule has 4 aliphatic carbocycles. The van der Waals surface area contributed by atoms with Crippen molar-refractivity contribution in [1.29, 1.82) is 0 Å². The lowest BCUT2D eigenvalue weighted by molar-refractivity contribution is -0.138. The van der Waals surface area contributed by atoms with E-state index in [1.807, 2.05) is 0 Å². The van der Waals surface area contributed by atoms with Crippen molar-refractivity contribution in [3.8, 4) is 0 Å². The summed E-state index contributed by atoms with van der Waals surface area (Å²) in [5.41, 5.74) is -0.0132. The normalized spacial score (nSPS) is 41.7. The Morgan fingerprint density at radius 3 is 2.39 bits per heavy atom. The zero-order valence-electron chi connectivity index (χ0n) is 11.4. The van der Waals surface area contributed by atoms with Crippen molar-refractivity contribution in [2.24, 2.45) is 23.2 Å². The van der Waals surface area contributed by atoms with Gasteiger partial charge in [0.25, 0.3) is 0 Å². The van der Waals surface area contributed by atoms with Crippen molar-refractivity contribution in [2.75, 3.05) is 20.3 Å². The third kappa shape index (κ3) is 2.18. The third-order valence-electron chi connectivity index (χ3n) is 5.43. The fraction of sp³-hybridized carbons (Fsp3) is 0.933. The highest BCUT2D eigenvalue weighted by atomic mass is 16.5. The average Bonchev–Trinajstić information content (AvgIpc) is 2.56. The molecule has 0 aromatic heterocycles. The van der Waals surface area contributed by atoms with Gasteiger partial charge in [-0.2, -0.15) is 0 Å². The number of methoxy groups -OCH3 is 1. The number of hydrogen-bond acceptors (Lipinski definition) is 2. The van der Waals surface area contributed by atoms with Gasteiger partial charge in [-0.05, 0) is 49.9 Å². The van der Waals surface area contributed by atoms with E-state index in [1.165, 1.54) is 25.7 Å². The third-order valence-corrected chi connectivity index (χ3v) is 5.43. The first-order chi connectivity index (χ1) is 8.72. The molecule has 0 aromatic carbocycles. The van der Waals surface area contributed by atoms with Crippen LogP contribution in [-0.2, 0) is 9.53 Å². The Morgan fingerprint density at radius 2 is 1.78 bits per heavy atom. The molecule has 4 saturated carbocycles. The van der Waals surface area contributed by atoms with Gasteiger partial charge in [-0.3, -0.25) is 4.79 Å². The van der Waals surface area contributed by atoms with Crippen LogP contribution in [0.25, 0.3) is 0 Å². The van der Waals surface area contributed by atoms with E-state index in [4.69, 9.17) is 4.74 Å². The topological polar surface area (TPSA) is 38.3 Å². The largest absolute Gasteiger partial charge is 0.383 e. The van der Waals surface area contributed by atoms with Crippen LogP contribution in [0.2, 0.25) is 0 Å². The van der Waals surface area contributed by atoms with E-state index in [1.54, 1.807) is 7.11 Å². The number of hydrogen-bond donors (Lipinski definition) is 1. The number of carbonyl (C=O) groups excluding carboxylic acids is 1. The molecule has 2 atom stereocenters. The number of fused-ring (bicyclic) bond motifs is 1. The molecule has 18 heavy (non-hydrogen) atoms. The molecule has 4 aliphatic rings. The maximum Gasteiger partial charge on any atom is 0.226 e. The molecular weight excluding hydrogens is 226 g/mol. The highest BCUT2D eigenvalue weighted by Gasteiger charge is 2.52. The van der Waals surface area contributed by atoms with Crippen molar-refractivity contribution in [3.05, 3.63) is 0 Å². The van der Waals surface area contributed by atoms with E-state index in [0.29, 0.717) is 19.1 Å².